The number of hydrogen-bond donors (Lipinski definition) is 3. The second-order valence-corrected chi connectivity index (χ2v) is 8.84. The summed E-state index contributed by atoms with van der Waals surface area (Å²) in [4.78, 5) is 10.9. The molecule has 3 fully saturated rings. The molecular weight excluding hydrogens is 403 g/mol. The first-order valence-corrected chi connectivity index (χ1v) is 9.98. The number of anilines is 1. The fraction of sp³-hybridized carbons (Fsp3) is 0.474. The smallest absolute Gasteiger partial charge is 0.364 e. The molecule has 0 atom stereocenters. The van der Waals surface area contributed by atoms with Gasteiger partial charge < -0.3 is 16.4 Å². The molecule has 0 aromatic carbocycles. The van der Waals surface area contributed by atoms with Crippen LogP contribution in [0.25, 0.3) is 5.52 Å². The maximum absolute atomic E-state index is 13.2. The average molecular weight is 423 g/mol. The lowest BCUT2D eigenvalue weighted by molar-refractivity contribution is -0.118. The number of nitrogens with zero attached hydrogens (tertiary/aromatic N) is 2. The van der Waals surface area contributed by atoms with Crippen molar-refractivity contribution in [1.29, 1.82) is 0 Å². The summed E-state index contributed by atoms with van der Waals surface area (Å²) in [6, 6.07) is 5.08. The Labute approximate surface area is 169 Å². The maximum atomic E-state index is 13.2. The van der Waals surface area contributed by atoms with Gasteiger partial charge in [0.1, 0.15) is 11.5 Å². The zero-order valence-corrected chi connectivity index (χ0v) is 16.5. The quantitative estimate of drug-likeness (QED) is 0.520. The van der Waals surface area contributed by atoms with Crippen molar-refractivity contribution in [1.82, 2.24) is 14.9 Å². The molecular formula is C19H20F3N5OS. The van der Waals surface area contributed by atoms with Gasteiger partial charge >= 0.3 is 5.51 Å². The number of fused-ring (bicyclic) bond motifs is 2. The van der Waals surface area contributed by atoms with Crippen LogP contribution in [-0.2, 0) is 4.79 Å². The Kier molecular flexibility index (Phi) is 4.70. The zero-order valence-electron chi connectivity index (χ0n) is 15.7. The lowest BCUT2D eigenvalue weighted by Gasteiger charge is -2.46. The van der Waals surface area contributed by atoms with E-state index in [2.05, 4.69) is 27.6 Å². The van der Waals surface area contributed by atoms with Crippen molar-refractivity contribution in [2.24, 2.45) is 5.73 Å². The van der Waals surface area contributed by atoms with Gasteiger partial charge in [-0.1, -0.05) is 12.0 Å². The Hall–Kier alpha value is -2.38. The first-order valence-electron chi connectivity index (χ1n) is 9.16. The Balaban J connectivity index is 1.70. The number of aromatic nitrogens is 2. The fourth-order valence-electron chi connectivity index (χ4n) is 4.30. The highest BCUT2D eigenvalue weighted by molar-refractivity contribution is 8.00. The third kappa shape index (κ3) is 4.02. The van der Waals surface area contributed by atoms with Crippen molar-refractivity contribution in [2.75, 3.05) is 11.9 Å². The van der Waals surface area contributed by atoms with Crippen LogP contribution in [0.4, 0.5) is 19.0 Å². The minimum Gasteiger partial charge on any atom is -0.364 e. The molecule has 10 heteroatoms. The molecule has 0 saturated heterocycles. The average Bonchev–Trinajstić information content (AvgIpc) is 3.20. The predicted molar refractivity (Wildman–Crippen MR) is 104 cm³/mol. The SMILES string of the molecule is CC(=O)NCC#Cc1nn2c(NC34CCC(N)(C3)C4)cccc2c1SC(F)(F)F. The predicted octanol–water partition coefficient (Wildman–Crippen LogP) is 2.87. The van der Waals surface area contributed by atoms with Crippen LogP contribution in [0.2, 0.25) is 0 Å². The largest absolute Gasteiger partial charge is 0.446 e. The van der Waals surface area contributed by atoms with E-state index in [1.54, 1.807) is 18.2 Å². The molecule has 5 rings (SSSR count). The molecule has 3 saturated carbocycles. The second-order valence-electron chi connectivity index (χ2n) is 7.77. The highest BCUT2D eigenvalue weighted by Gasteiger charge is 2.58. The number of carbonyl (C=O) groups is 1. The summed E-state index contributed by atoms with van der Waals surface area (Å²) in [6.07, 6.45) is 3.54. The summed E-state index contributed by atoms with van der Waals surface area (Å²) in [6.45, 7) is 1.38. The molecule has 2 heterocycles. The highest BCUT2D eigenvalue weighted by atomic mass is 32.2. The van der Waals surface area contributed by atoms with Gasteiger partial charge in [-0.2, -0.15) is 18.3 Å². The maximum Gasteiger partial charge on any atom is 0.446 e. The molecule has 3 aliphatic carbocycles. The standard InChI is InChI=1S/C19H20F3N5OS/c1-12(28)24-9-3-4-13-16(29-19(20,21)22)14-5-2-6-15(27(14)26-13)25-18-8-7-17(23,10-18)11-18/h2,5-6,25H,7-11,23H2,1H3,(H,24,28). The second kappa shape index (κ2) is 6.85. The van der Waals surface area contributed by atoms with Crippen LogP contribution in [-0.4, -0.2) is 38.7 Å². The van der Waals surface area contributed by atoms with E-state index >= 15 is 0 Å². The Morgan fingerprint density at radius 2 is 2.14 bits per heavy atom. The van der Waals surface area contributed by atoms with Crippen LogP contribution in [0.15, 0.2) is 23.1 Å². The Bertz CT molecular complexity index is 1030. The van der Waals surface area contributed by atoms with Gasteiger partial charge in [-0.15, -0.1) is 0 Å². The number of halogens is 3. The van der Waals surface area contributed by atoms with Crippen LogP contribution in [0.1, 0.15) is 38.3 Å². The summed E-state index contributed by atoms with van der Waals surface area (Å²) in [5.74, 6) is 5.67. The van der Waals surface area contributed by atoms with Gasteiger partial charge in [-0.05, 0) is 55.5 Å². The minimum atomic E-state index is -4.47. The molecule has 4 N–H and O–H groups in total. The van der Waals surface area contributed by atoms with E-state index in [0.717, 1.165) is 25.7 Å². The lowest BCUT2D eigenvalue weighted by Crippen LogP contribution is -2.57. The number of hydrogen-bond acceptors (Lipinski definition) is 5. The van der Waals surface area contributed by atoms with E-state index < -0.39 is 5.51 Å². The molecule has 2 aromatic rings. The summed E-state index contributed by atoms with van der Waals surface area (Å²) in [7, 11) is 0. The van der Waals surface area contributed by atoms with Crippen molar-refractivity contribution in [2.45, 2.75) is 54.1 Å². The fourth-order valence-corrected chi connectivity index (χ4v) is 4.98. The van der Waals surface area contributed by atoms with Gasteiger partial charge in [-0.3, -0.25) is 4.79 Å². The molecule has 0 aliphatic heterocycles. The minimum absolute atomic E-state index is 0.0256. The van der Waals surface area contributed by atoms with Gasteiger partial charge in [0, 0.05) is 18.0 Å². The van der Waals surface area contributed by atoms with Crippen LogP contribution in [0.5, 0.6) is 0 Å². The van der Waals surface area contributed by atoms with Crippen LogP contribution in [0, 0.1) is 11.8 Å². The van der Waals surface area contributed by atoms with E-state index in [1.165, 1.54) is 11.4 Å². The molecule has 3 aliphatic rings. The van der Waals surface area contributed by atoms with Crippen molar-refractivity contribution in [3.63, 3.8) is 0 Å². The van der Waals surface area contributed by atoms with E-state index in [-0.39, 0.29) is 45.9 Å². The zero-order chi connectivity index (χ0) is 20.9. The molecule has 154 valence electrons. The normalized spacial score (nSPS) is 25.3. The third-order valence-corrected chi connectivity index (χ3v) is 6.18. The monoisotopic (exact) mass is 423 g/mol. The topological polar surface area (TPSA) is 84.5 Å². The summed E-state index contributed by atoms with van der Waals surface area (Å²) in [5, 5.41) is 10.3. The van der Waals surface area contributed by atoms with Crippen molar-refractivity contribution >= 4 is 29.0 Å². The first kappa shape index (κ1) is 19.9. The summed E-state index contributed by atoms with van der Waals surface area (Å²) in [5.41, 5.74) is 1.88. The molecule has 2 bridgehead atoms. The van der Waals surface area contributed by atoms with Gasteiger partial charge in [-0.25, -0.2) is 4.52 Å². The molecule has 0 radical (unpaired) electrons. The first-order chi connectivity index (χ1) is 13.6. The highest BCUT2D eigenvalue weighted by Crippen LogP contribution is 2.55. The van der Waals surface area contributed by atoms with Crippen molar-refractivity contribution in [3.8, 4) is 11.8 Å². The number of thioether (sulfide) groups is 1. The van der Waals surface area contributed by atoms with Crippen molar-refractivity contribution < 1.29 is 18.0 Å². The van der Waals surface area contributed by atoms with Gasteiger partial charge in [0.25, 0.3) is 0 Å². The number of rotatable bonds is 4. The van der Waals surface area contributed by atoms with E-state index in [9.17, 15) is 18.0 Å². The summed E-state index contributed by atoms with van der Waals surface area (Å²) < 4.78 is 40.9. The van der Waals surface area contributed by atoms with E-state index in [0.29, 0.717) is 11.3 Å². The molecule has 0 spiro atoms. The number of nitrogens with two attached hydrogens (primary N) is 1. The molecule has 29 heavy (non-hydrogen) atoms. The number of carbonyl (C=O) groups excluding carboxylic acids is 1. The van der Waals surface area contributed by atoms with E-state index in [4.69, 9.17) is 5.73 Å². The van der Waals surface area contributed by atoms with Gasteiger partial charge in [0.15, 0.2) is 0 Å². The van der Waals surface area contributed by atoms with E-state index in [1.807, 2.05) is 0 Å². The van der Waals surface area contributed by atoms with Crippen molar-refractivity contribution in [3.05, 3.63) is 23.9 Å². The molecule has 1 amide bonds. The molecule has 2 aromatic heterocycles. The number of alkyl halides is 3. The molecule has 0 unspecified atom stereocenters. The number of nitrogens with one attached hydrogen (secondary N) is 2. The third-order valence-electron chi connectivity index (χ3n) is 5.34. The number of amides is 1. The number of pyridine rings is 1. The summed E-state index contributed by atoms with van der Waals surface area (Å²) >= 11 is -0.233. The Morgan fingerprint density at radius 3 is 2.76 bits per heavy atom. The lowest BCUT2D eigenvalue weighted by atomic mass is 9.72. The van der Waals surface area contributed by atoms with Gasteiger partial charge in [0.2, 0.25) is 5.91 Å². The molecule has 6 nitrogen and oxygen atoms in total. The van der Waals surface area contributed by atoms with Gasteiger partial charge in [0.05, 0.1) is 17.0 Å². The van der Waals surface area contributed by atoms with Crippen LogP contribution < -0.4 is 16.4 Å². The Morgan fingerprint density at radius 1 is 1.38 bits per heavy atom. The van der Waals surface area contributed by atoms with Crippen LogP contribution >= 0.6 is 11.8 Å². The van der Waals surface area contributed by atoms with Crippen LogP contribution in [0.3, 0.4) is 0 Å².